The van der Waals surface area contributed by atoms with E-state index in [9.17, 15) is 4.79 Å². The van der Waals surface area contributed by atoms with Crippen LogP contribution in [0.3, 0.4) is 0 Å². The van der Waals surface area contributed by atoms with E-state index < -0.39 is 0 Å². The van der Waals surface area contributed by atoms with Gasteiger partial charge >= 0.3 is 0 Å². The van der Waals surface area contributed by atoms with Gasteiger partial charge in [0.1, 0.15) is 10.6 Å². The quantitative estimate of drug-likeness (QED) is 0.558. The van der Waals surface area contributed by atoms with Gasteiger partial charge in [0.2, 0.25) is 0 Å². The fraction of sp³-hybridized carbons (Fsp3) is 0.421. The van der Waals surface area contributed by atoms with Crippen molar-refractivity contribution in [3.63, 3.8) is 0 Å². The maximum absolute atomic E-state index is 12.7. The minimum atomic E-state index is -0.250. The van der Waals surface area contributed by atoms with E-state index in [-0.39, 0.29) is 5.91 Å². The van der Waals surface area contributed by atoms with Crippen molar-refractivity contribution in [1.29, 1.82) is 0 Å². The molecule has 6 nitrogen and oxygen atoms in total. The lowest BCUT2D eigenvalue weighted by atomic mass is 10.3. The molecular formula is C19H23N3O3S2. The van der Waals surface area contributed by atoms with Crippen LogP contribution >= 0.6 is 22.7 Å². The van der Waals surface area contributed by atoms with Gasteiger partial charge in [0.05, 0.1) is 34.1 Å². The Morgan fingerprint density at radius 2 is 2.04 bits per heavy atom. The van der Waals surface area contributed by atoms with Crippen LogP contribution in [0.2, 0.25) is 0 Å². The zero-order chi connectivity index (χ0) is 19.4. The van der Waals surface area contributed by atoms with Crippen molar-refractivity contribution >= 4 is 38.8 Å². The van der Waals surface area contributed by atoms with Gasteiger partial charge in [0, 0.05) is 13.2 Å². The highest BCUT2D eigenvalue weighted by Gasteiger charge is 2.15. The SMILES string of the molecule is CCOCCn1c(=NC(=O)c2sc(C)nc2C)sc2cc(OCC)ccc21. The Labute approximate surface area is 166 Å². The van der Waals surface area contributed by atoms with Gasteiger partial charge in [0.15, 0.2) is 4.80 Å². The summed E-state index contributed by atoms with van der Waals surface area (Å²) in [5.74, 6) is 0.565. The topological polar surface area (TPSA) is 65.7 Å². The number of carbonyl (C=O) groups is 1. The van der Waals surface area contributed by atoms with E-state index in [1.54, 1.807) is 0 Å². The molecule has 3 aromatic rings. The van der Waals surface area contributed by atoms with Crippen LogP contribution < -0.4 is 9.54 Å². The number of nitrogens with zero attached hydrogens (tertiary/aromatic N) is 3. The zero-order valence-corrected chi connectivity index (χ0v) is 17.6. The van der Waals surface area contributed by atoms with Gasteiger partial charge in [-0.15, -0.1) is 11.3 Å². The smallest absolute Gasteiger partial charge is 0.291 e. The summed E-state index contributed by atoms with van der Waals surface area (Å²) >= 11 is 2.86. The number of aromatic nitrogens is 2. The molecule has 0 spiro atoms. The van der Waals surface area contributed by atoms with Crippen molar-refractivity contribution in [2.75, 3.05) is 19.8 Å². The molecule has 0 bridgehead atoms. The summed E-state index contributed by atoms with van der Waals surface area (Å²) in [7, 11) is 0. The van der Waals surface area contributed by atoms with Crippen LogP contribution in [0.15, 0.2) is 23.2 Å². The lowest BCUT2D eigenvalue weighted by Gasteiger charge is -2.06. The average molecular weight is 406 g/mol. The number of rotatable bonds is 7. The number of fused-ring (bicyclic) bond motifs is 1. The molecular weight excluding hydrogens is 382 g/mol. The average Bonchev–Trinajstić information content (AvgIpc) is 3.14. The minimum absolute atomic E-state index is 0.250. The first-order chi connectivity index (χ1) is 13.0. The summed E-state index contributed by atoms with van der Waals surface area (Å²) in [5, 5.41) is 0.868. The molecule has 2 aromatic heterocycles. The van der Waals surface area contributed by atoms with E-state index in [1.807, 2.05) is 50.5 Å². The first kappa shape index (κ1) is 19.7. The third-order valence-corrected chi connectivity index (χ3v) is 6.03. The molecule has 0 aliphatic heterocycles. The highest BCUT2D eigenvalue weighted by molar-refractivity contribution is 7.16. The highest BCUT2D eigenvalue weighted by atomic mass is 32.1. The molecule has 144 valence electrons. The maximum Gasteiger partial charge on any atom is 0.291 e. The van der Waals surface area contributed by atoms with Crippen LogP contribution in [0, 0.1) is 13.8 Å². The monoisotopic (exact) mass is 405 g/mol. The van der Waals surface area contributed by atoms with Crippen molar-refractivity contribution in [3.05, 3.63) is 38.6 Å². The van der Waals surface area contributed by atoms with Crippen LogP contribution in [-0.2, 0) is 11.3 Å². The van der Waals surface area contributed by atoms with Gasteiger partial charge in [-0.3, -0.25) is 4.79 Å². The standard InChI is InChI=1S/C19H23N3O3S2/c1-5-24-10-9-22-15-8-7-14(25-6-2)11-16(15)27-19(22)21-18(23)17-12(3)20-13(4)26-17/h7-8,11H,5-6,9-10H2,1-4H3. The van der Waals surface area contributed by atoms with Crippen molar-refractivity contribution in [3.8, 4) is 5.75 Å². The van der Waals surface area contributed by atoms with E-state index >= 15 is 0 Å². The molecule has 1 amide bonds. The fourth-order valence-electron chi connectivity index (χ4n) is 2.78. The van der Waals surface area contributed by atoms with Crippen molar-refractivity contribution in [2.24, 2.45) is 4.99 Å². The third kappa shape index (κ3) is 4.45. The number of carbonyl (C=O) groups excluding carboxylic acids is 1. The molecule has 1 aromatic carbocycles. The summed E-state index contributed by atoms with van der Waals surface area (Å²) < 4.78 is 14.2. The normalized spacial score (nSPS) is 12.1. The Balaban J connectivity index is 2.07. The first-order valence-corrected chi connectivity index (χ1v) is 10.5. The predicted octanol–water partition coefficient (Wildman–Crippen LogP) is 3.95. The Kier molecular flexibility index (Phi) is 6.41. The Morgan fingerprint density at radius 3 is 2.70 bits per heavy atom. The summed E-state index contributed by atoms with van der Waals surface area (Å²) in [6.07, 6.45) is 0. The van der Waals surface area contributed by atoms with Crippen LogP contribution in [-0.4, -0.2) is 35.3 Å². The molecule has 0 fully saturated rings. The molecule has 0 N–H and O–H groups in total. The van der Waals surface area contributed by atoms with Crippen molar-refractivity contribution in [1.82, 2.24) is 9.55 Å². The second-order valence-electron chi connectivity index (χ2n) is 5.86. The lowest BCUT2D eigenvalue weighted by molar-refractivity contribution is 0.0999. The molecule has 0 radical (unpaired) electrons. The van der Waals surface area contributed by atoms with Gasteiger partial charge < -0.3 is 14.0 Å². The molecule has 8 heteroatoms. The van der Waals surface area contributed by atoms with E-state index in [0.717, 1.165) is 26.7 Å². The first-order valence-electron chi connectivity index (χ1n) is 8.90. The zero-order valence-electron chi connectivity index (χ0n) is 15.9. The maximum atomic E-state index is 12.7. The Bertz CT molecular complexity index is 1020. The Hall–Kier alpha value is -2.03. The Morgan fingerprint density at radius 1 is 1.22 bits per heavy atom. The summed E-state index contributed by atoms with van der Waals surface area (Å²) in [6, 6.07) is 5.94. The third-order valence-electron chi connectivity index (χ3n) is 3.92. The van der Waals surface area contributed by atoms with E-state index in [0.29, 0.717) is 36.0 Å². The number of hydrogen-bond acceptors (Lipinski definition) is 6. The highest BCUT2D eigenvalue weighted by Crippen LogP contribution is 2.24. The molecule has 0 atom stereocenters. The van der Waals surface area contributed by atoms with Gasteiger partial charge in [-0.1, -0.05) is 11.3 Å². The number of hydrogen-bond donors (Lipinski definition) is 0. The second kappa shape index (κ2) is 8.77. The number of aryl methyl sites for hydroxylation is 2. The van der Waals surface area contributed by atoms with Crippen LogP contribution in [0.1, 0.15) is 34.2 Å². The predicted molar refractivity (Wildman–Crippen MR) is 109 cm³/mol. The number of ether oxygens (including phenoxy) is 2. The number of benzene rings is 1. The largest absolute Gasteiger partial charge is 0.494 e. The van der Waals surface area contributed by atoms with Crippen LogP contribution in [0.4, 0.5) is 0 Å². The molecule has 0 unspecified atom stereocenters. The minimum Gasteiger partial charge on any atom is -0.494 e. The lowest BCUT2D eigenvalue weighted by Crippen LogP contribution is -2.19. The molecule has 0 aliphatic rings. The number of amides is 1. The molecule has 3 rings (SSSR count). The van der Waals surface area contributed by atoms with Crippen LogP contribution in [0.5, 0.6) is 5.75 Å². The van der Waals surface area contributed by atoms with Crippen LogP contribution in [0.25, 0.3) is 10.2 Å². The summed E-state index contributed by atoms with van der Waals surface area (Å²) in [4.78, 5) is 22.7. The van der Waals surface area contributed by atoms with E-state index in [1.165, 1.54) is 22.7 Å². The molecule has 0 aliphatic carbocycles. The van der Waals surface area contributed by atoms with Gasteiger partial charge in [-0.05, 0) is 45.9 Å². The van der Waals surface area contributed by atoms with Crippen molar-refractivity contribution in [2.45, 2.75) is 34.2 Å². The molecule has 2 heterocycles. The second-order valence-corrected chi connectivity index (χ2v) is 8.07. The summed E-state index contributed by atoms with van der Waals surface area (Å²) in [6.45, 7) is 10.1. The molecule has 0 saturated carbocycles. The van der Waals surface area contributed by atoms with Crippen molar-refractivity contribution < 1.29 is 14.3 Å². The fourth-order valence-corrected chi connectivity index (χ4v) is 4.67. The number of thiazole rings is 2. The molecule has 27 heavy (non-hydrogen) atoms. The molecule has 0 saturated heterocycles. The van der Waals surface area contributed by atoms with Gasteiger partial charge in [-0.2, -0.15) is 4.99 Å². The summed E-state index contributed by atoms with van der Waals surface area (Å²) in [5.41, 5.74) is 1.75. The van der Waals surface area contributed by atoms with E-state index in [2.05, 4.69) is 9.98 Å². The van der Waals surface area contributed by atoms with Gasteiger partial charge in [0.25, 0.3) is 5.91 Å². The van der Waals surface area contributed by atoms with Gasteiger partial charge in [-0.25, -0.2) is 4.98 Å². The van der Waals surface area contributed by atoms with E-state index in [4.69, 9.17) is 9.47 Å².